The van der Waals surface area contributed by atoms with E-state index < -0.39 is 5.41 Å². The second kappa shape index (κ2) is 7.71. The first-order valence-electron chi connectivity index (χ1n) is 9.68. The highest BCUT2D eigenvalue weighted by molar-refractivity contribution is 6.10. The van der Waals surface area contributed by atoms with Crippen LogP contribution in [-0.4, -0.2) is 54.3 Å². The molecule has 2 aliphatic heterocycles. The molecule has 2 heterocycles. The van der Waals surface area contributed by atoms with Crippen LogP contribution in [0.3, 0.4) is 0 Å². The molecule has 0 N–H and O–H groups in total. The van der Waals surface area contributed by atoms with Gasteiger partial charge in [-0.25, -0.2) is 0 Å². The summed E-state index contributed by atoms with van der Waals surface area (Å²) in [5.41, 5.74) is -0.570. The molecule has 0 spiro atoms. The Morgan fingerprint density at radius 1 is 1.26 bits per heavy atom. The minimum atomic E-state index is -1.19. The molecule has 0 aromatic heterocycles. The van der Waals surface area contributed by atoms with Gasteiger partial charge < -0.3 is 9.64 Å². The molecular weight excluding hydrogens is 344 g/mol. The average molecular weight is 372 g/mol. The van der Waals surface area contributed by atoms with Crippen molar-refractivity contribution in [2.75, 3.05) is 20.7 Å². The molecule has 3 rings (SSSR count). The molecule has 0 aliphatic carbocycles. The van der Waals surface area contributed by atoms with E-state index in [4.69, 9.17) is 4.74 Å². The number of amides is 3. The Kier molecular flexibility index (Phi) is 5.53. The van der Waals surface area contributed by atoms with Crippen LogP contribution >= 0.6 is 0 Å². The number of imide groups is 1. The highest BCUT2D eigenvalue weighted by Gasteiger charge is 2.54. The van der Waals surface area contributed by atoms with Crippen LogP contribution in [-0.2, 0) is 19.8 Å². The lowest BCUT2D eigenvalue weighted by molar-refractivity contribution is -0.143. The number of rotatable bonds is 5. The maximum Gasteiger partial charge on any atom is 0.240 e. The maximum atomic E-state index is 13.3. The van der Waals surface area contributed by atoms with Gasteiger partial charge in [0, 0.05) is 38.0 Å². The molecule has 27 heavy (non-hydrogen) atoms. The third-order valence-electron chi connectivity index (χ3n) is 6.04. The highest BCUT2D eigenvalue weighted by atomic mass is 16.5. The Hall–Kier alpha value is -2.37. The van der Waals surface area contributed by atoms with Crippen molar-refractivity contribution in [3.63, 3.8) is 0 Å². The molecule has 6 heteroatoms. The third kappa shape index (κ3) is 3.33. The lowest BCUT2D eigenvalue weighted by atomic mass is 9.75. The summed E-state index contributed by atoms with van der Waals surface area (Å²) in [5, 5.41) is 0. The van der Waals surface area contributed by atoms with Crippen molar-refractivity contribution in [1.29, 1.82) is 0 Å². The normalized spacial score (nSPS) is 25.8. The molecular formula is C21H28N2O4. The van der Waals surface area contributed by atoms with Crippen molar-refractivity contribution < 1.29 is 19.1 Å². The van der Waals surface area contributed by atoms with Crippen LogP contribution in [0.2, 0.25) is 0 Å². The minimum absolute atomic E-state index is 0.000914. The fourth-order valence-electron chi connectivity index (χ4n) is 4.48. The number of hydrogen-bond donors (Lipinski definition) is 0. The fraction of sp³-hybridized carbons (Fsp3) is 0.571. The predicted octanol–water partition coefficient (Wildman–Crippen LogP) is 2.50. The van der Waals surface area contributed by atoms with E-state index in [0.29, 0.717) is 11.3 Å². The lowest BCUT2D eigenvalue weighted by Crippen LogP contribution is -2.48. The Labute approximate surface area is 160 Å². The Bertz CT molecular complexity index is 747. The van der Waals surface area contributed by atoms with E-state index in [1.54, 1.807) is 12.1 Å². The first-order chi connectivity index (χ1) is 12.9. The van der Waals surface area contributed by atoms with Gasteiger partial charge in [0.25, 0.3) is 0 Å². The van der Waals surface area contributed by atoms with Crippen LogP contribution in [0.5, 0.6) is 5.75 Å². The highest BCUT2D eigenvalue weighted by Crippen LogP contribution is 2.44. The lowest BCUT2D eigenvalue weighted by Gasteiger charge is -2.38. The molecule has 2 aliphatic rings. The minimum Gasteiger partial charge on any atom is -0.496 e. The summed E-state index contributed by atoms with van der Waals surface area (Å²) >= 11 is 0. The van der Waals surface area contributed by atoms with Crippen molar-refractivity contribution in [3.05, 3.63) is 29.8 Å². The van der Waals surface area contributed by atoms with Crippen LogP contribution in [0.4, 0.5) is 0 Å². The number of methoxy groups -OCH3 is 1. The Morgan fingerprint density at radius 2 is 2.00 bits per heavy atom. The van der Waals surface area contributed by atoms with Crippen molar-refractivity contribution in [1.82, 2.24) is 9.80 Å². The van der Waals surface area contributed by atoms with Crippen LogP contribution in [0, 0.1) is 0 Å². The first kappa shape index (κ1) is 19.4. The number of hydrogen-bond acceptors (Lipinski definition) is 4. The van der Waals surface area contributed by atoms with E-state index in [0.717, 1.165) is 37.1 Å². The van der Waals surface area contributed by atoms with Gasteiger partial charge in [-0.2, -0.15) is 0 Å². The standard InChI is InChI=1S/C21H28N2O4/c1-4-15-9-7-8-12-23(15)19(25)14-21(13-18(24)22(2)20(21)26)16-10-5-6-11-17(16)27-3/h5-6,10-11,15H,4,7-9,12-14H2,1-3H3/t15-,21-/m0/s1. The number of para-hydroxylation sites is 1. The summed E-state index contributed by atoms with van der Waals surface area (Å²) in [6.45, 7) is 2.81. The quantitative estimate of drug-likeness (QED) is 0.745. The smallest absolute Gasteiger partial charge is 0.240 e. The van der Waals surface area contributed by atoms with E-state index in [1.165, 1.54) is 14.2 Å². The van der Waals surface area contributed by atoms with E-state index >= 15 is 0 Å². The van der Waals surface area contributed by atoms with Gasteiger partial charge >= 0.3 is 0 Å². The SMILES string of the molecule is CC[C@H]1CCCCN1C(=O)C[C@]1(c2ccccc2OC)CC(=O)N(C)C1=O. The molecule has 0 radical (unpaired) electrons. The van der Waals surface area contributed by atoms with Crippen LogP contribution in [0.15, 0.2) is 24.3 Å². The van der Waals surface area contributed by atoms with Crippen LogP contribution in [0.1, 0.15) is 51.0 Å². The number of likely N-dealkylation sites (N-methyl/N-ethyl adjacent to an activating group) is 1. The van der Waals surface area contributed by atoms with E-state index in [9.17, 15) is 14.4 Å². The number of likely N-dealkylation sites (tertiary alicyclic amines) is 2. The van der Waals surface area contributed by atoms with Crippen molar-refractivity contribution in [2.24, 2.45) is 0 Å². The summed E-state index contributed by atoms with van der Waals surface area (Å²) in [4.78, 5) is 41.9. The van der Waals surface area contributed by atoms with Gasteiger partial charge in [0.15, 0.2) is 0 Å². The number of carbonyl (C=O) groups excluding carboxylic acids is 3. The number of piperidine rings is 1. The van der Waals surface area contributed by atoms with E-state index in [2.05, 4.69) is 6.92 Å². The second-order valence-corrected chi connectivity index (χ2v) is 7.54. The molecule has 0 bridgehead atoms. The molecule has 2 atom stereocenters. The Balaban J connectivity index is 2.00. The van der Waals surface area contributed by atoms with Gasteiger partial charge in [0.2, 0.25) is 17.7 Å². The number of ether oxygens (including phenoxy) is 1. The topological polar surface area (TPSA) is 66.9 Å². The summed E-state index contributed by atoms with van der Waals surface area (Å²) in [6.07, 6.45) is 4.01. The largest absolute Gasteiger partial charge is 0.496 e. The molecule has 146 valence electrons. The number of nitrogens with zero attached hydrogens (tertiary/aromatic N) is 2. The van der Waals surface area contributed by atoms with Gasteiger partial charge in [0.1, 0.15) is 5.75 Å². The van der Waals surface area contributed by atoms with Crippen molar-refractivity contribution in [2.45, 2.75) is 56.9 Å². The number of carbonyl (C=O) groups is 3. The monoisotopic (exact) mass is 372 g/mol. The molecule has 3 amide bonds. The van der Waals surface area contributed by atoms with E-state index in [-0.39, 0.29) is 36.6 Å². The second-order valence-electron chi connectivity index (χ2n) is 7.54. The number of benzene rings is 1. The average Bonchev–Trinajstić information content (AvgIpc) is 2.92. The molecule has 0 saturated carbocycles. The van der Waals surface area contributed by atoms with E-state index in [1.807, 2.05) is 17.0 Å². The summed E-state index contributed by atoms with van der Waals surface area (Å²) in [5.74, 6) is -0.101. The third-order valence-corrected chi connectivity index (χ3v) is 6.04. The molecule has 1 aromatic rings. The molecule has 1 aromatic carbocycles. The van der Waals surface area contributed by atoms with Gasteiger partial charge in [-0.3, -0.25) is 19.3 Å². The van der Waals surface area contributed by atoms with Gasteiger partial charge in [0.05, 0.1) is 12.5 Å². The molecule has 0 unspecified atom stereocenters. The predicted molar refractivity (Wildman–Crippen MR) is 101 cm³/mol. The zero-order valence-electron chi connectivity index (χ0n) is 16.4. The first-order valence-corrected chi connectivity index (χ1v) is 9.68. The van der Waals surface area contributed by atoms with Crippen molar-refractivity contribution in [3.8, 4) is 5.75 Å². The maximum absolute atomic E-state index is 13.3. The summed E-state index contributed by atoms with van der Waals surface area (Å²) in [7, 11) is 3.03. The zero-order chi connectivity index (χ0) is 19.6. The summed E-state index contributed by atoms with van der Waals surface area (Å²) < 4.78 is 5.46. The van der Waals surface area contributed by atoms with Gasteiger partial charge in [-0.1, -0.05) is 25.1 Å². The fourth-order valence-corrected chi connectivity index (χ4v) is 4.48. The molecule has 2 fully saturated rings. The zero-order valence-corrected chi connectivity index (χ0v) is 16.4. The van der Waals surface area contributed by atoms with Crippen molar-refractivity contribution >= 4 is 17.7 Å². The van der Waals surface area contributed by atoms with Gasteiger partial charge in [-0.05, 0) is 31.7 Å². The van der Waals surface area contributed by atoms with Gasteiger partial charge in [-0.15, -0.1) is 0 Å². The van der Waals surface area contributed by atoms with Crippen LogP contribution < -0.4 is 4.74 Å². The molecule has 6 nitrogen and oxygen atoms in total. The Morgan fingerprint density at radius 3 is 2.63 bits per heavy atom. The van der Waals surface area contributed by atoms with Crippen LogP contribution in [0.25, 0.3) is 0 Å². The molecule has 2 saturated heterocycles. The summed E-state index contributed by atoms with van der Waals surface area (Å²) in [6, 6.07) is 7.42.